The second-order valence-electron chi connectivity index (χ2n) is 7.15. The van der Waals surface area contributed by atoms with Gasteiger partial charge in [-0.25, -0.2) is 8.42 Å². The standard InChI is InChI=1S/C22H28ClN3O4S/c1-5-26(6-2)31(29,30)21-13-18(11-12-19(21)23)25-22(28)14-20(24-16(4)27)17-9-7-15(3)8-10-17/h7-13,20H,5-6,14H2,1-4H3,(H,24,27)(H,25,28). The van der Waals surface area contributed by atoms with Crippen molar-refractivity contribution in [1.82, 2.24) is 9.62 Å². The lowest BCUT2D eigenvalue weighted by Gasteiger charge is -2.20. The van der Waals surface area contributed by atoms with Gasteiger partial charge in [0, 0.05) is 25.7 Å². The Hall–Kier alpha value is -2.42. The van der Waals surface area contributed by atoms with Crippen molar-refractivity contribution in [1.29, 1.82) is 0 Å². The first kappa shape index (κ1) is 24.8. The summed E-state index contributed by atoms with van der Waals surface area (Å²) in [5, 5.41) is 5.58. The van der Waals surface area contributed by atoms with Crippen LogP contribution in [0.1, 0.15) is 44.4 Å². The number of aryl methyl sites for hydroxylation is 1. The lowest BCUT2D eigenvalue weighted by Crippen LogP contribution is -2.31. The van der Waals surface area contributed by atoms with Crippen LogP contribution in [-0.2, 0) is 19.6 Å². The Morgan fingerprint density at radius 1 is 1.06 bits per heavy atom. The van der Waals surface area contributed by atoms with Crippen molar-refractivity contribution in [3.8, 4) is 0 Å². The zero-order valence-corrected chi connectivity index (χ0v) is 19.7. The van der Waals surface area contributed by atoms with E-state index in [1.807, 2.05) is 31.2 Å². The second kappa shape index (κ2) is 10.7. The number of anilines is 1. The van der Waals surface area contributed by atoms with Crippen molar-refractivity contribution in [2.45, 2.75) is 45.1 Å². The van der Waals surface area contributed by atoms with Gasteiger partial charge in [-0.15, -0.1) is 0 Å². The molecule has 0 aliphatic rings. The van der Waals surface area contributed by atoms with Crippen molar-refractivity contribution < 1.29 is 18.0 Å². The molecule has 168 valence electrons. The van der Waals surface area contributed by atoms with Crippen LogP contribution in [0.5, 0.6) is 0 Å². The number of halogens is 1. The molecule has 0 aliphatic carbocycles. The summed E-state index contributed by atoms with van der Waals surface area (Å²) in [6.45, 7) is 7.44. The first-order valence-electron chi connectivity index (χ1n) is 10.0. The summed E-state index contributed by atoms with van der Waals surface area (Å²) in [7, 11) is -3.78. The van der Waals surface area contributed by atoms with Crippen LogP contribution in [0.4, 0.5) is 5.69 Å². The van der Waals surface area contributed by atoms with Crippen molar-refractivity contribution in [2.75, 3.05) is 18.4 Å². The van der Waals surface area contributed by atoms with E-state index in [1.165, 1.54) is 23.4 Å². The molecule has 2 aromatic carbocycles. The molecular formula is C22H28ClN3O4S. The van der Waals surface area contributed by atoms with E-state index in [2.05, 4.69) is 10.6 Å². The largest absolute Gasteiger partial charge is 0.349 e. The number of hydrogen-bond acceptors (Lipinski definition) is 4. The van der Waals surface area contributed by atoms with Crippen molar-refractivity contribution in [2.24, 2.45) is 0 Å². The van der Waals surface area contributed by atoms with E-state index in [1.54, 1.807) is 19.9 Å². The third-order valence-corrected chi connectivity index (χ3v) is 7.32. The van der Waals surface area contributed by atoms with E-state index in [-0.39, 0.29) is 28.2 Å². The Morgan fingerprint density at radius 2 is 1.68 bits per heavy atom. The van der Waals surface area contributed by atoms with Gasteiger partial charge in [0.05, 0.1) is 17.5 Å². The van der Waals surface area contributed by atoms with Gasteiger partial charge >= 0.3 is 0 Å². The molecule has 0 heterocycles. The van der Waals surface area contributed by atoms with Crippen LogP contribution >= 0.6 is 11.6 Å². The minimum Gasteiger partial charge on any atom is -0.349 e. The van der Waals surface area contributed by atoms with Crippen LogP contribution in [0.25, 0.3) is 0 Å². The summed E-state index contributed by atoms with van der Waals surface area (Å²) in [5.41, 5.74) is 2.18. The molecule has 1 unspecified atom stereocenters. The van der Waals surface area contributed by atoms with Crippen molar-refractivity contribution >= 4 is 39.1 Å². The van der Waals surface area contributed by atoms with Gasteiger partial charge in [0.1, 0.15) is 4.90 Å². The lowest BCUT2D eigenvalue weighted by molar-refractivity contribution is -0.120. The normalized spacial score (nSPS) is 12.5. The summed E-state index contributed by atoms with van der Waals surface area (Å²) in [5.74, 6) is -0.620. The van der Waals surface area contributed by atoms with Crippen molar-refractivity contribution in [3.05, 3.63) is 58.6 Å². The minimum atomic E-state index is -3.78. The van der Waals surface area contributed by atoms with Crippen LogP contribution in [0, 0.1) is 6.92 Å². The molecule has 0 aliphatic heterocycles. The molecule has 2 amide bonds. The molecule has 2 rings (SSSR count). The molecule has 31 heavy (non-hydrogen) atoms. The Morgan fingerprint density at radius 3 is 2.23 bits per heavy atom. The highest BCUT2D eigenvalue weighted by molar-refractivity contribution is 7.89. The zero-order chi connectivity index (χ0) is 23.2. The molecule has 1 atom stereocenters. The highest BCUT2D eigenvalue weighted by Crippen LogP contribution is 2.28. The SMILES string of the molecule is CCN(CC)S(=O)(=O)c1cc(NC(=O)CC(NC(C)=O)c2ccc(C)cc2)ccc1Cl. The predicted molar refractivity (Wildman–Crippen MR) is 123 cm³/mol. The van der Waals surface area contributed by atoms with E-state index < -0.39 is 16.1 Å². The lowest BCUT2D eigenvalue weighted by atomic mass is 10.0. The average Bonchev–Trinajstić information content (AvgIpc) is 2.69. The Balaban J connectivity index is 2.24. The molecule has 0 aromatic heterocycles. The van der Waals surface area contributed by atoms with Gasteiger partial charge in [0.25, 0.3) is 0 Å². The van der Waals surface area contributed by atoms with Crippen LogP contribution in [-0.4, -0.2) is 37.6 Å². The topological polar surface area (TPSA) is 95.6 Å². The number of carbonyl (C=O) groups excluding carboxylic acids is 2. The summed E-state index contributed by atoms with van der Waals surface area (Å²) in [6.07, 6.45) is -0.0105. The molecule has 0 radical (unpaired) electrons. The summed E-state index contributed by atoms with van der Waals surface area (Å²) < 4.78 is 27.0. The number of rotatable bonds is 9. The molecule has 0 bridgehead atoms. The Kier molecular flexibility index (Phi) is 8.61. The minimum absolute atomic E-state index is 0.0105. The number of hydrogen-bond donors (Lipinski definition) is 2. The third-order valence-electron chi connectivity index (χ3n) is 4.78. The monoisotopic (exact) mass is 465 g/mol. The first-order valence-corrected chi connectivity index (χ1v) is 11.8. The van der Waals surface area contributed by atoms with E-state index in [4.69, 9.17) is 11.6 Å². The number of sulfonamides is 1. The molecular weight excluding hydrogens is 438 g/mol. The quantitative estimate of drug-likeness (QED) is 0.587. The molecule has 0 saturated carbocycles. The Labute approximate surface area is 188 Å². The maximum absolute atomic E-state index is 12.8. The molecule has 0 saturated heterocycles. The molecule has 2 N–H and O–H groups in total. The zero-order valence-electron chi connectivity index (χ0n) is 18.1. The molecule has 0 fully saturated rings. The molecule has 2 aromatic rings. The van der Waals surface area contributed by atoms with E-state index in [0.717, 1.165) is 11.1 Å². The van der Waals surface area contributed by atoms with Crippen molar-refractivity contribution in [3.63, 3.8) is 0 Å². The second-order valence-corrected chi connectivity index (χ2v) is 9.46. The van der Waals surface area contributed by atoms with Gasteiger partial charge in [0.2, 0.25) is 21.8 Å². The molecule has 0 spiro atoms. The summed E-state index contributed by atoms with van der Waals surface area (Å²) in [6, 6.07) is 11.4. The van der Waals surface area contributed by atoms with E-state index >= 15 is 0 Å². The summed E-state index contributed by atoms with van der Waals surface area (Å²) in [4.78, 5) is 24.2. The number of nitrogens with one attached hydrogen (secondary N) is 2. The third kappa shape index (κ3) is 6.53. The van der Waals surface area contributed by atoms with Crippen LogP contribution in [0.3, 0.4) is 0 Å². The number of nitrogens with zero attached hydrogens (tertiary/aromatic N) is 1. The summed E-state index contributed by atoms with van der Waals surface area (Å²) >= 11 is 6.14. The van der Waals surface area contributed by atoms with Gasteiger partial charge in [-0.1, -0.05) is 55.3 Å². The number of amides is 2. The highest BCUT2D eigenvalue weighted by Gasteiger charge is 2.25. The van der Waals surface area contributed by atoms with Crippen LogP contribution in [0.2, 0.25) is 5.02 Å². The number of benzene rings is 2. The highest BCUT2D eigenvalue weighted by atomic mass is 35.5. The fourth-order valence-corrected chi connectivity index (χ4v) is 5.13. The van der Waals surface area contributed by atoms with Gasteiger partial charge < -0.3 is 10.6 Å². The van der Waals surface area contributed by atoms with Gasteiger partial charge in [-0.05, 0) is 30.7 Å². The number of carbonyl (C=O) groups is 2. The van der Waals surface area contributed by atoms with Crippen LogP contribution < -0.4 is 10.6 Å². The van der Waals surface area contributed by atoms with Gasteiger partial charge in [0.15, 0.2) is 0 Å². The fraction of sp³-hybridized carbons (Fsp3) is 0.364. The van der Waals surface area contributed by atoms with Gasteiger partial charge in [-0.3, -0.25) is 9.59 Å². The van der Waals surface area contributed by atoms with E-state index in [0.29, 0.717) is 18.8 Å². The van der Waals surface area contributed by atoms with E-state index in [9.17, 15) is 18.0 Å². The van der Waals surface area contributed by atoms with Crippen LogP contribution in [0.15, 0.2) is 47.4 Å². The Bertz CT molecular complexity index is 1040. The predicted octanol–water partition coefficient (Wildman–Crippen LogP) is 3.88. The average molecular weight is 466 g/mol. The maximum atomic E-state index is 12.8. The fourth-order valence-electron chi connectivity index (χ4n) is 3.18. The molecule has 9 heteroatoms. The smallest absolute Gasteiger partial charge is 0.244 e. The molecule has 7 nitrogen and oxygen atoms in total. The first-order chi connectivity index (χ1) is 14.6. The van der Waals surface area contributed by atoms with Gasteiger partial charge in [-0.2, -0.15) is 4.31 Å². The maximum Gasteiger partial charge on any atom is 0.244 e.